The van der Waals surface area contributed by atoms with E-state index >= 15 is 0 Å². The summed E-state index contributed by atoms with van der Waals surface area (Å²) in [4.78, 5) is 34.0. The number of nitro benzene ring substituents is 1. The fourth-order valence-corrected chi connectivity index (χ4v) is 2.21. The lowest BCUT2D eigenvalue weighted by Gasteiger charge is -2.08. The van der Waals surface area contributed by atoms with Crippen molar-refractivity contribution in [2.75, 3.05) is 5.73 Å². The molecule has 2 amide bonds. The standard InChI is InChI=1S/C14H11BrN4O4/c15-10-4-2-1-3-9(10)14(21)18-17-13(20)8-5-6-11(16)12(7-8)19(22)23/h1-7H,16H2,(H,17,20)(H,18,21). The highest BCUT2D eigenvalue weighted by molar-refractivity contribution is 9.10. The second kappa shape index (κ2) is 6.88. The van der Waals surface area contributed by atoms with Gasteiger partial charge in [0, 0.05) is 16.1 Å². The fourth-order valence-electron chi connectivity index (χ4n) is 1.74. The third-order valence-corrected chi connectivity index (χ3v) is 3.59. The van der Waals surface area contributed by atoms with Crippen LogP contribution in [0.15, 0.2) is 46.9 Å². The summed E-state index contributed by atoms with van der Waals surface area (Å²) in [6.45, 7) is 0. The summed E-state index contributed by atoms with van der Waals surface area (Å²) in [5.74, 6) is -1.23. The molecule has 0 spiro atoms. The third kappa shape index (κ3) is 3.83. The highest BCUT2D eigenvalue weighted by atomic mass is 79.9. The van der Waals surface area contributed by atoms with E-state index in [-0.39, 0.29) is 16.9 Å². The predicted octanol–water partition coefficient (Wildman–Crippen LogP) is 2.01. The van der Waals surface area contributed by atoms with Crippen LogP contribution in [0.5, 0.6) is 0 Å². The van der Waals surface area contributed by atoms with E-state index < -0.39 is 16.7 Å². The Morgan fingerprint density at radius 1 is 1.09 bits per heavy atom. The van der Waals surface area contributed by atoms with Crippen molar-refractivity contribution >= 4 is 39.1 Å². The molecule has 0 saturated heterocycles. The number of anilines is 1. The van der Waals surface area contributed by atoms with E-state index in [0.717, 1.165) is 6.07 Å². The Hall–Kier alpha value is -2.94. The molecule has 0 fully saturated rings. The molecule has 8 nitrogen and oxygen atoms in total. The van der Waals surface area contributed by atoms with Crippen molar-refractivity contribution in [2.24, 2.45) is 0 Å². The molecule has 2 rings (SSSR count). The Bertz CT molecular complexity index is 794. The van der Waals surface area contributed by atoms with Crippen molar-refractivity contribution in [1.82, 2.24) is 10.9 Å². The number of hydrogen-bond acceptors (Lipinski definition) is 5. The van der Waals surface area contributed by atoms with Crippen LogP contribution >= 0.6 is 15.9 Å². The predicted molar refractivity (Wildman–Crippen MR) is 86.6 cm³/mol. The first kappa shape index (κ1) is 16.4. The number of halogens is 1. The maximum atomic E-state index is 12.0. The number of nitro groups is 1. The molecule has 0 atom stereocenters. The van der Waals surface area contributed by atoms with E-state index in [2.05, 4.69) is 26.8 Å². The van der Waals surface area contributed by atoms with Crippen LogP contribution < -0.4 is 16.6 Å². The summed E-state index contributed by atoms with van der Waals surface area (Å²) in [6, 6.07) is 10.3. The van der Waals surface area contributed by atoms with Gasteiger partial charge in [-0.3, -0.25) is 30.6 Å². The molecular weight excluding hydrogens is 368 g/mol. The first-order valence-corrected chi connectivity index (χ1v) is 7.08. The molecule has 118 valence electrons. The quantitative estimate of drug-likeness (QED) is 0.427. The molecule has 0 aliphatic carbocycles. The number of nitrogens with one attached hydrogen (secondary N) is 2. The number of hydrogen-bond donors (Lipinski definition) is 3. The van der Waals surface area contributed by atoms with Crippen molar-refractivity contribution in [1.29, 1.82) is 0 Å². The maximum Gasteiger partial charge on any atom is 0.292 e. The lowest BCUT2D eigenvalue weighted by molar-refractivity contribution is -0.383. The number of rotatable bonds is 3. The Morgan fingerprint density at radius 3 is 2.39 bits per heavy atom. The highest BCUT2D eigenvalue weighted by Crippen LogP contribution is 2.22. The molecular formula is C14H11BrN4O4. The van der Waals surface area contributed by atoms with E-state index in [4.69, 9.17) is 5.73 Å². The Morgan fingerprint density at radius 2 is 1.74 bits per heavy atom. The lowest BCUT2D eigenvalue weighted by atomic mass is 10.1. The summed E-state index contributed by atoms with van der Waals surface area (Å²) in [7, 11) is 0. The van der Waals surface area contributed by atoms with Gasteiger partial charge in [-0.15, -0.1) is 0 Å². The highest BCUT2D eigenvalue weighted by Gasteiger charge is 2.16. The molecule has 0 aliphatic heterocycles. The first-order valence-electron chi connectivity index (χ1n) is 6.29. The van der Waals surface area contributed by atoms with Crippen molar-refractivity contribution in [2.45, 2.75) is 0 Å². The zero-order valence-electron chi connectivity index (χ0n) is 11.6. The molecule has 0 aliphatic rings. The molecule has 9 heteroatoms. The molecule has 0 unspecified atom stereocenters. The average Bonchev–Trinajstić information content (AvgIpc) is 2.52. The van der Waals surface area contributed by atoms with Crippen molar-refractivity contribution < 1.29 is 14.5 Å². The number of benzene rings is 2. The number of carbonyl (C=O) groups is 2. The largest absolute Gasteiger partial charge is 0.393 e. The fraction of sp³-hybridized carbons (Fsp3) is 0. The van der Waals surface area contributed by atoms with Gasteiger partial charge in [-0.25, -0.2) is 0 Å². The van der Waals surface area contributed by atoms with Gasteiger partial charge in [0.05, 0.1) is 10.5 Å². The van der Waals surface area contributed by atoms with Gasteiger partial charge in [0.25, 0.3) is 17.5 Å². The second-order valence-corrected chi connectivity index (χ2v) is 5.27. The number of hydrazine groups is 1. The zero-order valence-corrected chi connectivity index (χ0v) is 13.2. The van der Waals surface area contributed by atoms with Crippen LogP contribution in [0.3, 0.4) is 0 Å². The maximum absolute atomic E-state index is 12.0. The van der Waals surface area contributed by atoms with E-state index in [1.165, 1.54) is 12.1 Å². The van der Waals surface area contributed by atoms with Gasteiger partial charge in [-0.1, -0.05) is 12.1 Å². The average molecular weight is 379 g/mol. The Kier molecular flexibility index (Phi) is 4.91. The van der Waals surface area contributed by atoms with Crippen molar-refractivity contribution in [3.05, 3.63) is 68.2 Å². The normalized spacial score (nSPS) is 9.96. The summed E-state index contributed by atoms with van der Waals surface area (Å²) in [6.07, 6.45) is 0. The van der Waals surface area contributed by atoms with Crippen LogP contribution in [-0.2, 0) is 0 Å². The summed E-state index contributed by atoms with van der Waals surface area (Å²) in [5, 5.41) is 10.8. The third-order valence-electron chi connectivity index (χ3n) is 2.90. The molecule has 0 bridgehead atoms. The van der Waals surface area contributed by atoms with Gasteiger partial charge >= 0.3 is 0 Å². The summed E-state index contributed by atoms with van der Waals surface area (Å²) >= 11 is 3.22. The molecule has 0 saturated carbocycles. The van der Waals surface area contributed by atoms with Gasteiger partial charge in [0.2, 0.25) is 0 Å². The van der Waals surface area contributed by atoms with Gasteiger partial charge in [0.1, 0.15) is 5.69 Å². The minimum Gasteiger partial charge on any atom is -0.393 e. The van der Waals surface area contributed by atoms with Crippen LogP contribution in [0.25, 0.3) is 0 Å². The van der Waals surface area contributed by atoms with Crippen LogP contribution in [0.2, 0.25) is 0 Å². The SMILES string of the molecule is Nc1ccc(C(=O)NNC(=O)c2ccccc2Br)cc1[N+](=O)[O-]. The first-order chi connectivity index (χ1) is 10.9. The number of carbonyl (C=O) groups excluding carboxylic acids is 2. The van der Waals surface area contributed by atoms with Gasteiger partial charge in [0.15, 0.2) is 0 Å². The van der Waals surface area contributed by atoms with Gasteiger partial charge in [-0.2, -0.15) is 0 Å². The van der Waals surface area contributed by atoms with Crippen LogP contribution in [-0.4, -0.2) is 16.7 Å². The molecule has 0 radical (unpaired) electrons. The molecule has 2 aromatic rings. The van der Waals surface area contributed by atoms with E-state index in [1.807, 2.05) is 0 Å². The zero-order chi connectivity index (χ0) is 17.0. The minimum atomic E-state index is -0.700. The van der Waals surface area contributed by atoms with E-state index in [9.17, 15) is 19.7 Å². The van der Waals surface area contributed by atoms with Crippen LogP contribution in [0.4, 0.5) is 11.4 Å². The Balaban J connectivity index is 2.08. The molecule has 0 heterocycles. The van der Waals surface area contributed by atoms with Crippen LogP contribution in [0.1, 0.15) is 20.7 Å². The van der Waals surface area contributed by atoms with E-state index in [1.54, 1.807) is 24.3 Å². The smallest absolute Gasteiger partial charge is 0.292 e. The van der Waals surface area contributed by atoms with Crippen LogP contribution in [0, 0.1) is 10.1 Å². The van der Waals surface area contributed by atoms with Gasteiger partial charge in [-0.05, 0) is 40.2 Å². The number of nitrogens with two attached hydrogens (primary N) is 1. The van der Waals surface area contributed by atoms with E-state index in [0.29, 0.717) is 10.0 Å². The number of nitrogens with zero attached hydrogens (tertiary/aromatic N) is 1. The second-order valence-electron chi connectivity index (χ2n) is 4.42. The Labute approximate surface area is 138 Å². The van der Waals surface area contributed by atoms with Crippen molar-refractivity contribution in [3.8, 4) is 0 Å². The molecule has 2 aromatic carbocycles. The van der Waals surface area contributed by atoms with Gasteiger partial charge < -0.3 is 5.73 Å². The monoisotopic (exact) mass is 378 g/mol. The number of amides is 2. The molecule has 0 aromatic heterocycles. The summed E-state index contributed by atoms with van der Waals surface area (Å²) in [5.41, 5.74) is 9.77. The number of nitrogen functional groups attached to an aromatic ring is 1. The van der Waals surface area contributed by atoms with Crippen molar-refractivity contribution in [3.63, 3.8) is 0 Å². The minimum absolute atomic E-state index is 0.00155. The summed E-state index contributed by atoms with van der Waals surface area (Å²) < 4.78 is 0.565. The molecule has 23 heavy (non-hydrogen) atoms. The lowest BCUT2D eigenvalue weighted by Crippen LogP contribution is -2.41. The molecule has 4 N–H and O–H groups in total. The topological polar surface area (TPSA) is 127 Å².